The Morgan fingerprint density at radius 2 is 1.97 bits per heavy atom. The van der Waals surface area contributed by atoms with Crippen molar-refractivity contribution in [1.82, 2.24) is 4.72 Å². The molecule has 0 aliphatic carbocycles. The van der Waals surface area contributed by atoms with Crippen molar-refractivity contribution in [3.05, 3.63) is 59.2 Å². The molecule has 0 unspecified atom stereocenters. The summed E-state index contributed by atoms with van der Waals surface area (Å²) in [5.74, 6) is -0.0573. The van der Waals surface area contributed by atoms with Crippen molar-refractivity contribution in [3.63, 3.8) is 0 Å². The number of amides is 1. The topological polar surface area (TPSA) is 75.7 Å². The van der Waals surface area contributed by atoms with Crippen LogP contribution in [0.3, 0.4) is 0 Å². The van der Waals surface area contributed by atoms with Crippen LogP contribution in [0.2, 0.25) is 0 Å². The Hall–Kier alpha value is -2.22. The second-order valence-electron chi connectivity index (χ2n) is 7.70. The minimum Gasteiger partial charge on any atom is -0.377 e. The molecule has 2 aliphatic heterocycles. The molecule has 2 heterocycles. The predicted octanol–water partition coefficient (Wildman–Crippen LogP) is 3.05. The van der Waals surface area contributed by atoms with Crippen LogP contribution in [0.1, 0.15) is 40.7 Å². The Bertz CT molecular complexity index is 996. The van der Waals surface area contributed by atoms with Crippen LogP contribution >= 0.6 is 0 Å². The number of benzene rings is 2. The van der Waals surface area contributed by atoms with E-state index in [1.54, 1.807) is 23.1 Å². The summed E-state index contributed by atoms with van der Waals surface area (Å²) in [5.41, 5.74) is 3.42. The molecule has 0 radical (unpaired) electrons. The minimum atomic E-state index is -3.61. The molecule has 2 aromatic rings. The zero-order valence-corrected chi connectivity index (χ0v) is 17.4. The summed E-state index contributed by atoms with van der Waals surface area (Å²) in [6.45, 7) is 3.59. The molecular weight excluding hydrogens is 388 g/mol. The van der Waals surface area contributed by atoms with Crippen molar-refractivity contribution in [1.29, 1.82) is 0 Å². The summed E-state index contributed by atoms with van der Waals surface area (Å²) in [5, 5.41) is 0. The number of ether oxygens (including phenoxy) is 1. The Morgan fingerprint density at radius 3 is 2.69 bits per heavy atom. The molecule has 1 saturated heterocycles. The van der Waals surface area contributed by atoms with Crippen molar-refractivity contribution in [2.24, 2.45) is 0 Å². The highest BCUT2D eigenvalue weighted by Crippen LogP contribution is 2.30. The first-order chi connectivity index (χ1) is 13.9. The lowest BCUT2D eigenvalue weighted by Gasteiger charge is -2.30. The number of aryl methyl sites for hydroxylation is 2. The third-order valence-electron chi connectivity index (χ3n) is 5.55. The maximum absolute atomic E-state index is 13.0. The third kappa shape index (κ3) is 4.37. The van der Waals surface area contributed by atoms with Gasteiger partial charge in [0.25, 0.3) is 5.91 Å². The molecule has 6 nitrogen and oxygen atoms in total. The van der Waals surface area contributed by atoms with E-state index in [-0.39, 0.29) is 23.5 Å². The van der Waals surface area contributed by atoms with Gasteiger partial charge in [-0.2, -0.15) is 0 Å². The lowest BCUT2D eigenvalue weighted by atomic mass is 10.0. The summed E-state index contributed by atoms with van der Waals surface area (Å²) in [6.07, 6.45) is 3.35. The first-order valence-electron chi connectivity index (χ1n) is 10.1. The van der Waals surface area contributed by atoms with Gasteiger partial charge in [-0.15, -0.1) is 0 Å². The van der Waals surface area contributed by atoms with Gasteiger partial charge in [-0.05, 0) is 68.5 Å². The maximum atomic E-state index is 13.0. The van der Waals surface area contributed by atoms with Crippen LogP contribution in [0.15, 0.2) is 47.4 Å². The van der Waals surface area contributed by atoms with Gasteiger partial charge in [0, 0.05) is 30.9 Å². The highest BCUT2D eigenvalue weighted by atomic mass is 32.2. The van der Waals surface area contributed by atoms with Gasteiger partial charge < -0.3 is 9.64 Å². The van der Waals surface area contributed by atoms with Crippen molar-refractivity contribution in [2.75, 3.05) is 24.6 Å². The van der Waals surface area contributed by atoms with Crippen molar-refractivity contribution < 1.29 is 17.9 Å². The number of nitrogens with one attached hydrogen (secondary N) is 1. The molecule has 0 bridgehead atoms. The van der Waals surface area contributed by atoms with Crippen LogP contribution in [-0.4, -0.2) is 40.1 Å². The SMILES string of the molecule is Cc1ccc(C(=O)N2CCCc3cc(S(=O)(=O)NC[C@@H]4CCCO4)ccc32)cc1. The van der Waals surface area contributed by atoms with Gasteiger partial charge in [-0.25, -0.2) is 13.1 Å². The number of anilines is 1. The molecule has 7 heteroatoms. The highest BCUT2D eigenvalue weighted by Gasteiger charge is 2.26. The summed E-state index contributed by atoms with van der Waals surface area (Å²) in [6, 6.07) is 12.5. The number of sulfonamides is 1. The van der Waals surface area contributed by atoms with Gasteiger partial charge in [0.2, 0.25) is 10.0 Å². The monoisotopic (exact) mass is 414 g/mol. The van der Waals surface area contributed by atoms with E-state index < -0.39 is 10.0 Å². The molecule has 2 aromatic carbocycles. The summed E-state index contributed by atoms with van der Waals surface area (Å²) < 4.78 is 33.5. The van der Waals surface area contributed by atoms with E-state index in [2.05, 4.69) is 4.72 Å². The second kappa shape index (κ2) is 8.26. The maximum Gasteiger partial charge on any atom is 0.258 e. The molecule has 1 atom stereocenters. The molecule has 1 N–H and O–H groups in total. The lowest BCUT2D eigenvalue weighted by Crippen LogP contribution is -2.36. The van der Waals surface area contributed by atoms with Crippen LogP contribution in [0.25, 0.3) is 0 Å². The number of carbonyl (C=O) groups excluding carboxylic acids is 1. The molecular formula is C22H26N2O4S. The van der Waals surface area contributed by atoms with E-state index in [4.69, 9.17) is 4.74 Å². The first-order valence-corrected chi connectivity index (χ1v) is 11.5. The normalized spacial score (nSPS) is 19.2. The van der Waals surface area contributed by atoms with Crippen LogP contribution in [0.5, 0.6) is 0 Å². The fraction of sp³-hybridized carbons (Fsp3) is 0.409. The zero-order chi connectivity index (χ0) is 20.4. The predicted molar refractivity (Wildman–Crippen MR) is 112 cm³/mol. The zero-order valence-electron chi connectivity index (χ0n) is 16.6. The Balaban J connectivity index is 1.54. The van der Waals surface area contributed by atoms with Crippen LogP contribution in [0, 0.1) is 6.92 Å². The average molecular weight is 415 g/mol. The average Bonchev–Trinajstić information content (AvgIpc) is 3.25. The standard InChI is InChI=1S/C22H26N2O4S/c1-16-6-8-17(9-7-16)22(25)24-12-2-4-18-14-20(10-11-21(18)24)29(26,27)23-15-19-5-3-13-28-19/h6-11,14,19,23H,2-5,12-13,15H2,1H3/t19-/m0/s1. The molecule has 29 heavy (non-hydrogen) atoms. The van der Waals surface area contributed by atoms with Gasteiger partial charge in [-0.3, -0.25) is 4.79 Å². The Morgan fingerprint density at radius 1 is 1.17 bits per heavy atom. The van der Waals surface area contributed by atoms with Gasteiger partial charge >= 0.3 is 0 Å². The number of hydrogen-bond acceptors (Lipinski definition) is 4. The fourth-order valence-electron chi connectivity index (χ4n) is 3.89. The number of nitrogens with zero attached hydrogens (tertiary/aromatic N) is 1. The summed E-state index contributed by atoms with van der Waals surface area (Å²) in [7, 11) is -3.61. The molecule has 2 aliphatic rings. The van der Waals surface area contributed by atoms with Crippen molar-refractivity contribution in [2.45, 2.75) is 43.6 Å². The van der Waals surface area contributed by atoms with Gasteiger partial charge in [-0.1, -0.05) is 17.7 Å². The molecule has 0 aromatic heterocycles. The summed E-state index contributed by atoms with van der Waals surface area (Å²) in [4.78, 5) is 15.0. The molecule has 4 rings (SSSR count). The fourth-order valence-corrected chi connectivity index (χ4v) is 5.01. The number of hydrogen-bond donors (Lipinski definition) is 1. The van der Waals surface area contributed by atoms with Gasteiger partial charge in [0.1, 0.15) is 0 Å². The molecule has 1 fully saturated rings. The third-order valence-corrected chi connectivity index (χ3v) is 6.97. The second-order valence-corrected chi connectivity index (χ2v) is 9.47. The van der Waals surface area contributed by atoms with Crippen LogP contribution in [0.4, 0.5) is 5.69 Å². The minimum absolute atomic E-state index is 0.0509. The smallest absolute Gasteiger partial charge is 0.258 e. The van der Waals surface area contributed by atoms with E-state index in [1.165, 1.54) is 0 Å². The molecule has 0 saturated carbocycles. The van der Waals surface area contributed by atoms with Crippen LogP contribution in [-0.2, 0) is 21.2 Å². The van der Waals surface area contributed by atoms with Crippen LogP contribution < -0.4 is 9.62 Å². The lowest BCUT2D eigenvalue weighted by molar-refractivity contribution is 0.0985. The van der Waals surface area contributed by atoms with Crippen molar-refractivity contribution >= 4 is 21.6 Å². The molecule has 0 spiro atoms. The number of fused-ring (bicyclic) bond motifs is 1. The summed E-state index contributed by atoms with van der Waals surface area (Å²) >= 11 is 0. The van der Waals surface area contributed by atoms with E-state index in [0.29, 0.717) is 18.7 Å². The first kappa shape index (κ1) is 20.1. The quantitative estimate of drug-likeness (QED) is 0.816. The van der Waals surface area contributed by atoms with Gasteiger partial charge in [0.15, 0.2) is 0 Å². The Labute approximate surface area is 171 Å². The molecule has 154 valence electrons. The number of carbonyl (C=O) groups is 1. The molecule has 1 amide bonds. The highest BCUT2D eigenvalue weighted by molar-refractivity contribution is 7.89. The van der Waals surface area contributed by atoms with Crippen molar-refractivity contribution in [3.8, 4) is 0 Å². The number of rotatable bonds is 5. The largest absolute Gasteiger partial charge is 0.377 e. The Kier molecular flexibility index (Phi) is 5.72. The van der Waals surface area contributed by atoms with Gasteiger partial charge in [0.05, 0.1) is 11.0 Å². The van der Waals surface area contributed by atoms with E-state index in [0.717, 1.165) is 42.5 Å². The van der Waals surface area contributed by atoms with E-state index >= 15 is 0 Å². The van der Waals surface area contributed by atoms with E-state index in [1.807, 2.05) is 31.2 Å². The van der Waals surface area contributed by atoms with E-state index in [9.17, 15) is 13.2 Å².